The van der Waals surface area contributed by atoms with Gasteiger partial charge in [0.1, 0.15) is 11.5 Å². The average molecular weight is 392 g/mol. The molecule has 0 spiro atoms. The van der Waals surface area contributed by atoms with E-state index in [9.17, 15) is 14.4 Å². The van der Waals surface area contributed by atoms with Gasteiger partial charge < -0.3 is 20.5 Å². The maximum absolute atomic E-state index is 12.4. The summed E-state index contributed by atoms with van der Waals surface area (Å²) in [5, 5.41) is 14.4. The molecule has 0 radical (unpaired) electrons. The second kappa shape index (κ2) is 11.4. The third kappa shape index (κ3) is 10.1. The van der Waals surface area contributed by atoms with Crippen LogP contribution in [0.25, 0.3) is 0 Å². The molecule has 28 heavy (non-hydrogen) atoms. The maximum atomic E-state index is 12.4. The van der Waals surface area contributed by atoms with Crippen LogP contribution in [-0.2, 0) is 14.4 Å². The van der Waals surface area contributed by atoms with Crippen molar-refractivity contribution in [2.24, 2.45) is 11.3 Å². The van der Waals surface area contributed by atoms with E-state index in [-0.39, 0.29) is 24.2 Å². The number of carbonyl (C=O) groups is 3. The van der Waals surface area contributed by atoms with E-state index in [1.54, 1.807) is 31.3 Å². The first-order valence-electron chi connectivity index (χ1n) is 9.52. The Balaban J connectivity index is 2.58. The Morgan fingerprint density at radius 2 is 1.75 bits per heavy atom. The zero-order valence-electron chi connectivity index (χ0n) is 17.2. The van der Waals surface area contributed by atoms with E-state index in [1.807, 2.05) is 0 Å². The van der Waals surface area contributed by atoms with Crippen LogP contribution < -0.4 is 15.4 Å². The highest BCUT2D eigenvalue weighted by Crippen LogP contribution is 2.22. The zero-order valence-corrected chi connectivity index (χ0v) is 17.2. The monoisotopic (exact) mass is 392 g/mol. The van der Waals surface area contributed by atoms with Gasteiger partial charge in [0.15, 0.2) is 0 Å². The highest BCUT2D eigenvalue weighted by Gasteiger charge is 2.24. The van der Waals surface area contributed by atoms with Gasteiger partial charge >= 0.3 is 5.97 Å². The quantitative estimate of drug-likeness (QED) is 0.472. The van der Waals surface area contributed by atoms with Crippen LogP contribution in [0.15, 0.2) is 24.3 Å². The molecule has 0 bridgehead atoms. The maximum Gasteiger partial charge on any atom is 0.304 e. The van der Waals surface area contributed by atoms with Gasteiger partial charge in [0.25, 0.3) is 0 Å². The Kier molecular flexibility index (Phi) is 9.65. The molecule has 7 heteroatoms. The van der Waals surface area contributed by atoms with Crippen LogP contribution in [-0.4, -0.2) is 43.0 Å². The van der Waals surface area contributed by atoms with Gasteiger partial charge in [0, 0.05) is 12.1 Å². The molecule has 0 aliphatic heterocycles. The van der Waals surface area contributed by atoms with Crippen LogP contribution in [0.3, 0.4) is 0 Å². The van der Waals surface area contributed by atoms with Gasteiger partial charge in [-0.15, -0.1) is 0 Å². The summed E-state index contributed by atoms with van der Waals surface area (Å²) < 4.78 is 5.70. The molecule has 3 N–H and O–H groups in total. The number of amides is 1. The number of nitrogens with one attached hydrogen (secondary N) is 2. The molecule has 0 aliphatic carbocycles. The number of rotatable bonds is 12. The fourth-order valence-corrected chi connectivity index (χ4v) is 2.68. The molecule has 0 heterocycles. The fraction of sp³-hybridized carbons (Fsp3) is 0.571. The summed E-state index contributed by atoms with van der Waals surface area (Å²) in [6, 6.07) is 6.91. The Bertz CT molecular complexity index is 650. The van der Waals surface area contributed by atoms with Gasteiger partial charge in [-0.3, -0.25) is 14.4 Å². The molecule has 1 atom stereocenters. The molecule has 1 aromatic rings. The smallest absolute Gasteiger partial charge is 0.304 e. The highest BCUT2D eigenvalue weighted by molar-refractivity contribution is 5.97. The summed E-state index contributed by atoms with van der Waals surface area (Å²) in [7, 11) is 1.62. The first-order valence-corrected chi connectivity index (χ1v) is 9.52. The topological polar surface area (TPSA) is 105 Å². The number of benzene rings is 1. The van der Waals surface area contributed by atoms with E-state index in [4.69, 9.17) is 9.84 Å². The lowest BCUT2D eigenvalue weighted by Gasteiger charge is -2.18. The molecule has 0 fully saturated rings. The van der Waals surface area contributed by atoms with Crippen LogP contribution in [0.2, 0.25) is 0 Å². The van der Waals surface area contributed by atoms with E-state index in [1.165, 1.54) is 0 Å². The summed E-state index contributed by atoms with van der Waals surface area (Å²) in [5.74, 6) is -2.00. The summed E-state index contributed by atoms with van der Waals surface area (Å²) in [5.41, 5.74) is 0.807. The number of ether oxygens (including phenoxy) is 1. The minimum absolute atomic E-state index is 0.102. The fourth-order valence-electron chi connectivity index (χ4n) is 2.68. The van der Waals surface area contributed by atoms with Crippen molar-refractivity contribution in [2.75, 3.05) is 25.5 Å². The van der Waals surface area contributed by atoms with Gasteiger partial charge in [-0.25, -0.2) is 0 Å². The number of aliphatic carboxylic acids is 1. The van der Waals surface area contributed by atoms with Crippen LogP contribution in [0.5, 0.6) is 5.75 Å². The van der Waals surface area contributed by atoms with Crippen molar-refractivity contribution in [3.63, 3.8) is 0 Å². The number of anilines is 1. The summed E-state index contributed by atoms with van der Waals surface area (Å²) in [6.45, 7) is 7.29. The number of likely N-dealkylation sites (N-methyl/N-ethyl adjacent to an activating group) is 1. The standard InChI is InChI=1S/C21H32N2O5/c1-21(2,3)10-5-11-28-18-8-6-16(7-9-18)23-20(27)15(13-19(25)26)12-17(24)14-22-4/h6-9,15,22H,5,10-14H2,1-4H3,(H,23,27)(H,25,26)/t15-/m0/s1. The van der Waals surface area contributed by atoms with E-state index < -0.39 is 24.2 Å². The predicted octanol–water partition coefficient (Wildman–Crippen LogP) is 3.10. The molecule has 156 valence electrons. The van der Waals surface area contributed by atoms with Crippen molar-refractivity contribution in [3.05, 3.63) is 24.3 Å². The van der Waals surface area contributed by atoms with Crippen LogP contribution in [0, 0.1) is 11.3 Å². The van der Waals surface area contributed by atoms with Crippen molar-refractivity contribution in [1.29, 1.82) is 0 Å². The summed E-state index contributed by atoms with van der Waals surface area (Å²) >= 11 is 0. The Morgan fingerprint density at radius 1 is 1.11 bits per heavy atom. The Morgan fingerprint density at radius 3 is 2.29 bits per heavy atom. The number of Topliss-reactive ketones (excluding diaryl/α,β-unsaturated/α-hetero) is 1. The molecule has 0 saturated heterocycles. The molecule has 0 saturated carbocycles. The third-order valence-corrected chi connectivity index (χ3v) is 4.10. The number of carboxylic acid groups (broad SMARTS) is 1. The number of hydrogen-bond acceptors (Lipinski definition) is 5. The summed E-state index contributed by atoms with van der Waals surface area (Å²) in [6.07, 6.45) is 1.52. The molecule has 7 nitrogen and oxygen atoms in total. The number of hydrogen-bond donors (Lipinski definition) is 3. The van der Waals surface area contributed by atoms with Gasteiger partial charge in [0.2, 0.25) is 5.91 Å². The molecule has 0 unspecified atom stereocenters. The zero-order chi connectivity index (χ0) is 21.2. The van der Waals surface area contributed by atoms with Crippen molar-refractivity contribution < 1.29 is 24.2 Å². The molecular weight excluding hydrogens is 360 g/mol. The SMILES string of the molecule is CNCC(=O)C[C@@H](CC(=O)O)C(=O)Nc1ccc(OCCCC(C)(C)C)cc1. The van der Waals surface area contributed by atoms with Crippen LogP contribution in [0.4, 0.5) is 5.69 Å². The second-order valence-electron chi connectivity index (χ2n) is 8.09. The molecule has 1 amide bonds. The van der Waals surface area contributed by atoms with Crippen LogP contribution in [0.1, 0.15) is 46.5 Å². The molecule has 1 rings (SSSR count). The largest absolute Gasteiger partial charge is 0.494 e. The first-order chi connectivity index (χ1) is 13.1. The molecular formula is C21H32N2O5. The number of ketones is 1. The lowest BCUT2D eigenvalue weighted by Crippen LogP contribution is -2.30. The minimum Gasteiger partial charge on any atom is -0.494 e. The normalized spacial score (nSPS) is 12.3. The number of carbonyl (C=O) groups excluding carboxylic acids is 2. The van der Waals surface area contributed by atoms with Gasteiger partial charge in [0.05, 0.1) is 25.5 Å². The van der Waals surface area contributed by atoms with Crippen molar-refractivity contribution in [3.8, 4) is 5.75 Å². The number of carboxylic acids is 1. The lowest BCUT2D eigenvalue weighted by molar-refractivity contribution is -0.140. The third-order valence-electron chi connectivity index (χ3n) is 4.10. The van der Waals surface area contributed by atoms with Gasteiger partial charge in [-0.1, -0.05) is 20.8 Å². The predicted molar refractivity (Wildman–Crippen MR) is 109 cm³/mol. The van der Waals surface area contributed by atoms with Crippen molar-refractivity contribution in [2.45, 2.75) is 46.5 Å². The molecule has 0 aromatic heterocycles. The van der Waals surface area contributed by atoms with E-state index in [0.29, 0.717) is 18.0 Å². The van der Waals surface area contributed by atoms with E-state index in [0.717, 1.165) is 12.8 Å². The Labute approximate surface area is 166 Å². The molecule has 1 aromatic carbocycles. The van der Waals surface area contributed by atoms with Gasteiger partial charge in [-0.2, -0.15) is 0 Å². The average Bonchev–Trinajstić information content (AvgIpc) is 2.58. The van der Waals surface area contributed by atoms with Gasteiger partial charge in [-0.05, 0) is 49.6 Å². The van der Waals surface area contributed by atoms with E-state index in [2.05, 4.69) is 31.4 Å². The highest BCUT2D eigenvalue weighted by atomic mass is 16.5. The summed E-state index contributed by atoms with van der Waals surface area (Å²) in [4.78, 5) is 35.2. The van der Waals surface area contributed by atoms with Crippen molar-refractivity contribution in [1.82, 2.24) is 5.32 Å². The second-order valence-corrected chi connectivity index (χ2v) is 8.09. The first kappa shape index (κ1) is 23.6. The van der Waals surface area contributed by atoms with Crippen LogP contribution >= 0.6 is 0 Å². The van der Waals surface area contributed by atoms with E-state index >= 15 is 0 Å². The van der Waals surface area contributed by atoms with Crippen molar-refractivity contribution >= 4 is 23.3 Å². The molecule has 0 aliphatic rings. The lowest BCUT2D eigenvalue weighted by atomic mass is 9.91. The minimum atomic E-state index is -1.11. The Hall–Kier alpha value is -2.41.